The van der Waals surface area contributed by atoms with Gasteiger partial charge in [0.05, 0.1) is 0 Å². The molecule has 0 unspecified atom stereocenters. The lowest BCUT2D eigenvalue weighted by Gasteiger charge is -2.05. The topological polar surface area (TPSA) is 57.8 Å². The predicted molar refractivity (Wildman–Crippen MR) is 121 cm³/mol. The number of benzene rings is 3. The summed E-state index contributed by atoms with van der Waals surface area (Å²) in [7, 11) is 0. The van der Waals surface area contributed by atoms with Crippen molar-refractivity contribution in [1.82, 2.24) is 4.57 Å². The second-order valence-electron chi connectivity index (χ2n) is 7.35. The van der Waals surface area contributed by atoms with E-state index in [0.29, 0.717) is 12.2 Å². The summed E-state index contributed by atoms with van der Waals surface area (Å²) in [6, 6.07) is 23.6. The van der Waals surface area contributed by atoms with Gasteiger partial charge in [-0.1, -0.05) is 42.5 Å². The van der Waals surface area contributed by atoms with Crippen LogP contribution in [-0.2, 0) is 11.3 Å². The van der Waals surface area contributed by atoms with E-state index < -0.39 is 5.91 Å². The Morgan fingerprint density at radius 2 is 1.90 bits per heavy atom. The van der Waals surface area contributed by atoms with Gasteiger partial charge in [-0.2, -0.15) is 5.26 Å². The maximum Gasteiger partial charge on any atom is 0.266 e. The molecule has 0 aliphatic heterocycles. The fourth-order valence-corrected chi connectivity index (χ4v) is 3.58. The number of halogens is 1. The van der Waals surface area contributed by atoms with Crippen molar-refractivity contribution >= 4 is 28.6 Å². The lowest BCUT2D eigenvalue weighted by molar-refractivity contribution is -0.112. The van der Waals surface area contributed by atoms with Crippen molar-refractivity contribution in [3.05, 3.63) is 107 Å². The average Bonchev–Trinajstić information content (AvgIpc) is 3.09. The van der Waals surface area contributed by atoms with Crippen LogP contribution < -0.4 is 5.32 Å². The van der Waals surface area contributed by atoms with Gasteiger partial charge in [-0.3, -0.25) is 4.79 Å². The summed E-state index contributed by atoms with van der Waals surface area (Å²) in [4.78, 5) is 12.7. The molecule has 1 aromatic heterocycles. The normalized spacial score (nSPS) is 11.3. The molecule has 0 aliphatic rings. The Balaban J connectivity index is 1.68. The van der Waals surface area contributed by atoms with Crippen LogP contribution >= 0.6 is 0 Å². The number of fused-ring (bicyclic) bond motifs is 1. The van der Waals surface area contributed by atoms with Gasteiger partial charge in [-0.05, 0) is 54.5 Å². The standard InChI is InChI=1S/C26H20FN3O/c1-18-6-4-9-23(12-18)29-26(31)20(15-28)14-21-17-30(25-11-3-2-10-24(21)25)16-19-7-5-8-22(27)13-19/h2-14,17H,16H2,1H3,(H,29,31)/b20-14+. The van der Waals surface area contributed by atoms with E-state index >= 15 is 0 Å². The van der Waals surface area contributed by atoms with Gasteiger partial charge in [0.25, 0.3) is 5.91 Å². The van der Waals surface area contributed by atoms with Gasteiger partial charge in [-0.25, -0.2) is 4.39 Å². The first-order valence-electron chi connectivity index (χ1n) is 9.85. The molecule has 0 radical (unpaired) electrons. The number of rotatable bonds is 5. The molecule has 0 spiro atoms. The Morgan fingerprint density at radius 3 is 2.68 bits per heavy atom. The molecule has 152 valence electrons. The highest BCUT2D eigenvalue weighted by Gasteiger charge is 2.13. The number of nitrogens with zero attached hydrogens (tertiary/aromatic N) is 2. The van der Waals surface area contributed by atoms with Crippen LogP contribution in [0.4, 0.5) is 10.1 Å². The fraction of sp³-hybridized carbons (Fsp3) is 0.0769. The second-order valence-corrected chi connectivity index (χ2v) is 7.35. The van der Waals surface area contributed by atoms with Gasteiger partial charge in [0.1, 0.15) is 17.5 Å². The van der Waals surface area contributed by atoms with E-state index in [0.717, 1.165) is 27.6 Å². The van der Waals surface area contributed by atoms with E-state index in [1.54, 1.807) is 18.2 Å². The lowest BCUT2D eigenvalue weighted by atomic mass is 10.1. The summed E-state index contributed by atoms with van der Waals surface area (Å²) in [5.41, 5.74) is 4.18. The Labute approximate surface area is 179 Å². The first-order chi connectivity index (χ1) is 15.0. The van der Waals surface area contributed by atoms with Crippen molar-refractivity contribution in [2.75, 3.05) is 5.32 Å². The van der Waals surface area contributed by atoms with Crippen LogP contribution in [-0.4, -0.2) is 10.5 Å². The van der Waals surface area contributed by atoms with Crippen LogP contribution in [0.3, 0.4) is 0 Å². The molecule has 1 N–H and O–H groups in total. The Bertz CT molecular complexity index is 1340. The highest BCUT2D eigenvalue weighted by Crippen LogP contribution is 2.25. The van der Waals surface area contributed by atoms with E-state index in [1.165, 1.54) is 12.1 Å². The molecule has 1 amide bonds. The largest absolute Gasteiger partial charge is 0.342 e. The molecule has 4 nitrogen and oxygen atoms in total. The van der Waals surface area contributed by atoms with Crippen molar-refractivity contribution in [3.8, 4) is 6.07 Å². The van der Waals surface area contributed by atoms with Crippen molar-refractivity contribution in [2.24, 2.45) is 0 Å². The van der Waals surface area contributed by atoms with Gasteiger partial charge in [-0.15, -0.1) is 0 Å². The van der Waals surface area contributed by atoms with Crippen molar-refractivity contribution in [3.63, 3.8) is 0 Å². The van der Waals surface area contributed by atoms with Gasteiger partial charge < -0.3 is 9.88 Å². The Kier molecular flexibility index (Phi) is 5.63. The quantitative estimate of drug-likeness (QED) is 0.340. The molecule has 0 aliphatic carbocycles. The van der Waals surface area contributed by atoms with Gasteiger partial charge in [0.15, 0.2) is 0 Å². The lowest BCUT2D eigenvalue weighted by Crippen LogP contribution is -2.13. The SMILES string of the molecule is Cc1cccc(NC(=O)/C(C#N)=C/c2cn(Cc3cccc(F)c3)c3ccccc23)c1. The Morgan fingerprint density at radius 1 is 1.10 bits per heavy atom. The van der Waals surface area contributed by atoms with Crippen LogP contribution in [0, 0.1) is 24.1 Å². The molecule has 0 saturated carbocycles. The summed E-state index contributed by atoms with van der Waals surface area (Å²) >= 11 is 0. The van der Waals surface area contributed by atoms with Crippen LogP contribution in [0.2, 0.25) is 0 Å². The molecule has 5 heteroatoms. The highest BCUT2D eigenvalue weighted by atomic mass is 19.1. The van der Waals surface area contributed by atoms with E-state index in [4.69, 9.17) is 0 Å². The third-order valence-corrected chi connectivity index (χ3v) is 5.00. The molecule has 0 atom stereocenters. The van der Waals surface area contributed by atoms with E-state index in [2.05, 4.69) is 5.32 Å². The molecule has 4 rings (SSSR count). The zero-order valence-corrected chi connectivity index (χ0v) is 17.0. The number of hydrogen-bond acceptors (Lipinski definition) is 2. The van der Waals surface area contributed by atoms with Gasteiger partial charge >= 0.3 is 0 Å². The molecule has 3 aromatic carbocycles. The van der Waals surface area contributed by atoms with Gasteiger partial charge in [0.2, 0.25) is 0 Å². The number of nitrogens with one attached hydrogen (secondary N) is 1. The first kappa shape index (κ1) is 20.1. The van der Waals surface area contributed by atoms with Crippen LogP contribution in [0.5, 0.6) is 0 Å². The number of anilines is 1. The Hall–Kier alpha value is -4.17. The third kappa shape index (κ3) is 4.54. The summed E-state index contributed by atoms with van der Waals surface area (Å²) in [6.07, 6.45) is 3.47. The highest BCUT2D eigenvalue weighted by molar-refractivity contribution is 6.10. The minimum atomic E-state index is -0.463. The monoisotopic (exact) mass is 409 g/mol. The fourth-order valence-electron chi connectivity index (χ4n) is 3.58. The minimum absolute atomic E-state index is 0.00941. The van der Waals surface area contributed by atoms with Crippen molar-refractivity contribution in [2.45, 2.75) is 13.5 Å². The number of carbonyl (C=O) groups is 1. The zero-order valence-electron chi connectivity index (χ0n) is 17.0. The second kappa shape index (κ2) is 8.68. The van der Waals surface area contributed by atoms with Gasteiger partial charge in [0, 0.05) is 34.9 Å². The predicted octanol–water partition coefficient (Wildman–Crippen LogP) is 5.68. The number of hydrogen-bond donors (Lipinski definition) is 1. The number of aromatic nitrogens is 1. The molecule has 31 heavy (non-hydrogen) atoms. The molecule has 0 saturated heterocycles. The third-order valence-electron chi connectivity index (χ3n) is 5.00. The van der Waals surface area contributed by atoms with Crippen LogP contribution in [0.15, 0.2) is 84.6 Å². The average molecular weight is 409 g/mol. The summed E-state index contributed by atoms with van der Waals surface area (Å²) in [6.45, 7) is 2.41. The van der Waals surface area contributed by atoms with Crippen LogP contribution in [0.1, 0.15) is 16.7 Å². The molecule has 0 bridgehead atoms. The number of para-hydroxylation sites is 1. The molecule has 4 aromatic rings. The van der Waals surface area contributed by atoms with E-state index in [1.807, 2.05) is 72.3 Å². The number of nitriles is 1. The zero-order chi connectivity index (χ0) is 21.8. The molecular weight excluding hydrogens is 389 g/mol. The maximum absolute atomic E-state index is 13.6. The molecule has 0 fully saturated rings. The minimum Gasteiger partial charge on any atom is -0.342 e. The van der Waals surface area contributed by atoms with Crippen LogP contribution in [0.25, 0.3) is 17.0 Å². The maximum atomic E-state index is 13.6. The number of carbonyl (C=O) groups excluding carboxylic acids is 1. The number of amides is 1. The van der Waals surface area contributed by atoms with Crippen molar-refractivity contribution < 1.29 is 9.18 Å². The summed E-state index contributed by atoms with van der Waals surface area (Å²) in [5.74, 6) is -0.747. The smallest absolute Gasteiger partial charge is 0.266 e. The molecular formula is C26H20FN3O. The van der Waals surface area contributed by atoms with E-state index in [9.17, 15) is 14.4 Å². The summed E-state index contributed by atoms with van der Waals surface area (Å²) in [5, 5.41) is 13.3. The number of aryl methyl sites for hydroxylation is 1. The summed E-state index contributed by atoms with van der Waals surface area (Å²) < 4.78 is 15.6. The van der Waals surface area contributed by atoms with E-state index in [-0.39, 0.29) is 11.4 Å². The first-order valence-corrected chi connectivity index (χ1v) is 9.85. The molecule has 1 heterocycles. The van der Waals surface area contributed by atoms with Crippen molar-refractivity contribution in [1.29, 1.82) is 5.26 Å².